The molecule has 9 nitrogen and oxygen atoms in total. The van der Waals surface area contributed by atoms with Gasteiger partial charge in [0.05, 0.1) is 24.6 Å². The number of ether oxygens (including phenoxy) is 1. The van der Waals surface area contributed by atoms with Crippen molar-refractivity contribution < 1.29 is 14.3 Å². The van der Waals surface area contributed by atoms with Crippen LogP contribution in [0.25, 0.3) is 6.08 Å². The minimum Gasteiger partial charge on any atom is -0.378 e. The highest BCUT2D eigenvalue weighted by atomic mass is 32.1. The van der Waals surface area contributed by atoms with Gasteiger partial charge in [-0.1, -0.05) is 18.6 Å². The number of allylic oxidation sites excluding steroid dienone is 1. The summed E-state index contributed by atoms with van der Waals surface area (Å²) in [6.45, 7) is 5.78. The van der Waals surface area contributed by atoms with E-state index in [-0.39, 0.29) is 11.8 Å². The number of amides is 2. The Morgan fingerprint density at radius 3 is 2.69 bits per heavy atom. The number of anilines is 2. The molecule has 5 rings (SSSR count). The Morgan fingerprint density at radius 1 is 1.03 bits per heavy atom. The Morgan fingerprint density at radius 2 is 1.85 bits per heavy atom. The summed E-state index contributed by atoms with van der Waals surface area (Å²) in [5, 5.41) is 6.31. The fourth-order valence-electron chi connectivity index (χ4n) is 4.85. The van der Waals surface area contributed by atoms with Crippen LogP contribution in [0.1, 0.15) is 52.2 Å². The number of hydrogen-bond acceptors (Lipinski definition) is 8. The highest BCUT2D eigenvalue weighted by Crippen LogP contribution is 2.27. The molecular weight excluding hydrogens is 512 g/mol. The maximum absolute atomic E-state index is 13.0. The number of benzene rings is 1. The zero-order chi connectivity index (χ0) is 26.9. The molecule has 0 radical (unpaired) electrons. The van der Waals surface area contributed by atoms with E-state index in [4.69, 9.17) is 9.73 Å². The van der Waals surface area contributed by atoms with Gasteiger partial charge < -0.3 is 25.2 Å². The standard InChI is InChI=1S/C29H36N6O3S/c36-27(10-14-34-12-4-1-5-13-34)32-23-7-6-8-24(20-23)33-29-30-11-3-2-9-25-22(21-31-29)19-26(39-25)28(37)35-15-17-38-18-16-35/h2,6-9,11,19-20H,1,3-5,10,12-18,21H2,(H,31,33)(H,32,36)/b9-2-,30-11?. The lowest BCUT2D eigenvalue weighted by Gasteiger charge is -2.26. The van der Waals surface area contributed by atoms with E-state index in [2.05, 4.69) is 20.5 Å². The number of nitrogens with zero attached hydrogens (tertiary/aromatic N) is 4. The third kappa shape index (κ3) is 7.84. The van der Waals surface area contributed by atoms with Crippen LogP contribution in [0.3, 0.4) is 0 Å². The first kappa shape index (κ1) is 27.2. The third-order valence-corrected chi connectivity index (χ3v) is 8.11. The zero-order valence-corrected chi connectivity index (χ0v) is 23.0. The number of morpholine rings is 1. The summed E-state index contributed by atoms with van der Waals surface area (Å²) in [5.74, 6) is 0.551. The summed E-state index contributed by atoms with van der Waals surface area (Å²) < 4.78 is 5.39. The first-order valence-electron chi connectivity index (χ1n) is 13.8. The first-order valence-corrected chi connectivity index (χ1v) is 14.6. The molecule has 2 aromatic rings. The van der Waals surface area contributed by atoms with E-state index in [1.165, 1.54) is 30.6 Å². The van der Waals surface area contributed by atoms with Crippen molar-refractivity contribution in [2.45, 2.75) is 38.6 Å². The lowest BCUT2D eigenvalue weighted by Crippen LogP contribution is -2.40. The number of aliphatic imine (C=N–C) groups is 2. The number of carbonyl (C=O) groups is 2. The molecule has 0 unspecified atom stereocenters. The Balaban J connectivity index is 1.22. The summed E-state index contributed by atoms with van der Waals surface area (Å²) in [7, 11) is 0. The van der Waals surface area contributed by atoms with E-state index < -0.39 is 0 Å². The van der Waals surface area contributed by atoms with Crippen molar-refractivity contribution in [1.29, 1.82) is 0 Å². The molecule has 10 heteroatoms. The Kier molecular flexibility index (Phi) is 9.52. The van der Waals surface area contributed by atoms with Crippen molar-refractivity contribution in [3.8, 4) is 0 Å². The number of nitrogens with one attached hydrogen (secondary N) is 2. The molecule has 0 atom stereocenters. The van der Waals surface area contributed by atoms with Crippen LogP contribution < -0.4 is 10.6 Å². The average molecular weight is 549 g/mol. The van der Waals surface area contributed by atoms with Crippen LogP contribution in [-0.2, 0) is 16.1 Å². The molecule has 39 heavy (non-hydrogen) atoms. The van der Waals surface area contributed by atoms with Crippen molar-refractivity contribution >= 4 is 52.8 Å². The van der Waals surface area contributed by atoms with Crippen LogP contribution in [0.4, 0.5) is 11.4 Å². The van der Waals surface area contributed by atoms with Gasteiger partial charge in [0.2, 0.25) is 11.9 Å². The minimum absolute atomic E-state index is 0.0194. The number of piperidine rings is 1. The van der Waals surface area contributed by atoms with Crippen LogP contribution in [0.5, 0.6) is 0 Å². The molecule has 3 aliphatic heterocycles. The van der Waals surface area contributed by atoms with Gasteiger partial charge in [0, 0.05) is 54.9 Å². The van der Waals surface area contributed by atoms with Gasteiger partial charge >= 0.3 is 0 Å². The number of fused-ring (bicyclic) bond motifs is 1. The quantitative estimate of drug-likeness (QED) is 0.554. The molecule has 0 aliphatic carbocycles. The summed E-state index contributed by atoms with van der Waals surface area (Å²) in [5.41, 5.74) is 2.53. The van der Waals surface area contributed by atoms with E-state index in [1.54, 1.807) is 0 Å². The summed E-state index contributed by atoms with van der Waals surface area (Å²) in [4.78, 5) is 40.8. The lowest BCUT2D eigenvalue weighted by atomic mass is 10.1. The molecule has 206 valence electrons. The molecule has 2 amide bonds. The number of likely N-dealkylation sites (tertiary alicyclic amines) is 1. The molecule has 1 aromatic heterocycles. The molecule has 3 aliphatic rings. The lowest BCUT2D eigenvalue weighted by molar-refractivity contribution is -0.116. The maximum Gasteiger partial charge on any atom is 0.264 e. The predicted octanol–water partition coefficient (Wildman–Crippen LogP) is 4.49. The van der Waals surface area contributed by atoms with Gasteiger partial charge in [-0.3, -0.25) is 9.59 Å². The Bertz CT molecular complexity index is 1240. The van der Waals surface area contributed by atoms with E-state index >= 15 is 0 Å². The highest BCUT2D eigenvalue weighted by Gasteiger charge is 2.22. The zero-order valence-electron chi connectivity index (χ0n) is 22.2. The van der Waals surface area contributed by atoms with Crippen molar-refractivity contribution in [2.75, 3.05) is 56.6 Å². The van der Waals surface area contributed by atoms with Crippen LogP contribution in [0, 0.1) is 0 Å². The second-order valence-corrected chi connectivity index (χ2v) is 11.0. The van der Waals surface area contributed by atoms with Gasteiger partial charge in [0.1, 0.15) is 0 Å². The molecule has 2 saturated heterocycles. The molecule has 0 bridgehead atoms. The molecule has 1 aromatic carbocycles. The van der Waals surface area contributed by atoms with Crippen LogP contribution >= 0.6 is 11.3 Å². The van der Waals surface area contributed by atoms with Crippen LogP contribution in [-0.4, -0.2) is 79.7 Å². The van der Waals surface area contributed by atoms with Crippen molar-refractivity contribution in [1.82, 2.24) is 9.80 Å². The molecular formula is C29H36N6O3S. The number of carbonyl (C=O) groups excluding carboxylic acids is 2. The molecule has 0 saturated carbocycles. The monoisotopic (exact) mass is 548 g/mol. The molecule has 2 fully saturated rings. The summed E-state index contributed by atoms with van der Waals surface area (Å²) in [6.07, 6.45) is 10.8. The Hall–Kier alpha value is -3.34. The van der Waals surface area contributed by atoms with Gasteiger partial charge in [-0.15, -0.1) is 11.3 Å². The SMILES string of the molecule is O=C(CCN1CCCCC1)Nc1cccc(NC2=NCc3cc(C(=O)N4CCOCC4)sc3/C=C\CC=N2)c1. The summed E-state index contributed by atoms with van der Waals surface area (Å²) in [6, 6.07) is 9.56. The molecule has 4 heterocycles. The Labute approximate surface area is 233 Å². The molecule has 0 spiro atoms. The number of thiophene rings is 1. The summed E-state index contributed by atoms with van der Waals surface area (Å²) >= 11 is 1.51. The van der Waals surface area contributed by atoms with E-state index in [1.807, 2.05) is 53.6 Å². The third-order valence-electron chi connectivity index (χ3n) is 6.98. The van der Waals surface area contributed by atoms with E-state index in [9.17, 15) is 9.59 Å². The van der Waals surface area contributed by atoms with Crippen molar-refractivity contribution in [3.05, 3.63) is 51.7 Å². The normalized spacial score (nSPS) is 19.1. The molecule has 2 N–H and O–H groups in total. The van der Waals surface area contributed by atoms with Crippen LogP contribution in [0.2, 0.25) is 0 Å². The van der Waals surface area contributed by atoms with Crippen LogP contribution in [0.15, 0.2) is 46.4 Å². The van der Waals surface area contributed by atoms with E-state index in [0.717, 1.165) is 46.3 Å². The van der Waals surface area contributed by atoms with E-state index in [0.29, 0.717) is 51.6 Å². The minimum atomic E-state index is 0.0194. The van der Waals surface area contributed by atoms with Gasteiger partial charge in [-0.25, -0.2) is 9.98 Å². The van der Waals surface area contributed by atoms with Crippen molar-refractivity contribution in [3.63, 3.8) is 0 Å². The van der Waals surface area contributed by atoms with Gasteiger partial charge in [0.25, 0.3) is 5.91 Å². The number of hydrogen-bond donors (Lipinski definition) is 2. The second kappa shape index (κ2) is 13.6. The predicted molar refractivity (Wildman–Crippen MR) is 158 cm³/mol. The fraction of sp³-hybridized carbons (Fsp3) is 0.448. The average Bonchev–Trinajstić information content (AvgIpc) is 3.38. The fourth-order valence-corrected chi connectivity index (χ4v) is 5.93. The smallest absolute Gasteiger partial charge is 0.264 e. The van der Waals surface area contributed by atoms with Gasteiger partial charge in [-0.05, 0) is 61.8 Å². The maximum atomic E-state index is 13.0. The number of rotatable bonds is 6. The highest BCUT2D eigenvalue weighted by molar-refractivity contribution is 7.15. The van der Waals surface area contributed by atoms with Gasteiger partial charge in [-0.2, -0.15) is 0 Å². The van der Waals surface area contributed by atoms with Gasteiger partial charge in [0.15, 0.2) is 0 Å². The first-order chi connectivity index (χ1) is 19.1. The second-order valence-electron chi connectivity index (χ2n) is 9.90. The topological polar surface area (TPSA) is 98.6 Å². The van der Waals surface area contributed by atoms with Crippen molar-refractivity contribution in [2.24, 2.45) is 9.98 Å². The largest absolute Gasteiger partial charge is 0.378 e. The number of guanidine groups is 1.